The van der Waals surface area contributed by atoms with Crippen LogP contribution in [0.15, 0.2) is 42.6 Å². The fourth-order valence-electron chi connectivity index (χ4n) is 2.94. The molecule has 1 aromatic carbocycles. The second-order valence-electron chi connectivity index (χ2n) is 5.95. The molecule has 1 saturated heterocycles. The zero-order valence-corrected chi connectivity index (χ0v) is 14.9. The summed E-state index contributed by atoms with van der Waals surface area (Å²) in [5, 5.41) is 13.3. The van der Waals surface area contributed by atoms with Crippen LogP contribution in [0.3, 0.4) is 0 Å². The summed E-state index contributed by atoms with van der Waals surface area (Å²) in [6.07, 6.45) is 2.79. The van der Waals surface area contributed by atoms with Gasteiger partial charge < -0.3 is 10.2 Å². The van der Waals surface area contributed by atoms with E-state index in [0.717, 1.165) is 5.69 Å². The minimum atomic E-state index is -0.637. The smallest absolute Gasteiger partial charge is 0.321 e. The average Bonchev–Trinajstić information content (AvgIpc) is 2.65. The molecule has 2 aromatic rings. The molecule has 25 heavy (non-hydrogen) atoms. The second kappa shape index (κ2) is 7.30. The predicted molar refractivity (Wildman–Crippen MR) is 97.8 cm³/mol. The second-order valence-corrected chi connectivity index (χ2v) is 6.77. The largest absolute Gasteiger partial charge is 0.324 e. The minimum absolute atomic E-state index is 0.217. The zero-order chi connectivity index (χ0) is 17.9. The monoisotopic (exact) mass is 374 g/mol. The highest BCUT2D eigenvalue weighted by atomic mass is 35.5. The van der Waals surface area contributed by atoms with Gasteiger partial charge in [0.15, 0.2) is 0 Å². The third kappa shape index (κ3) is 3.71. The first-order chi connectivity index (χ1) is 12.0. The number of benzene rings is 1. The molecule has 1 aliphatic heterocycles. The summed E-state index contributed by atoms with van der Waals surface area (Å²) in [7, 11) is 0. The van der Waals surface area contributed by atoms with Crippen LogP contribution in [0.2, 0.25) is 10.0 Å². The maximum absolute atomic E-state index is 12.4. The Bertz CT molecular complexity index is 812. The maximum Gasteiger partial charge on any atom is 0.321 e. The molecular weight excluding hydrogens is 359 g/mol. The number of urea groups is 1. The van der Waals surface area contributed by atoms with Crippen LogP contribution in [0.25, 0.3) is 0 Å². The number of nitriles is 1. The molecule has 7 heteroatoms. The molecule has 2 heterocycles. The van der Waals surface area contributed by atoms with Crippen LogP contribution in [0.5, 0.6) is 0 Å². The number of aromatic nitrogens is 1. The number of hydrogen-bond donors (Lipinski definition) is 1. The Kier molecular flexibility index (Phi) is 5.12. The molecule has 0 unspecified atom stereocenters. The number of amides is 2. The van der Waals surface area contributed by atoms with Crippen LogP contribution in [-0.2, 0) is 5.41 Å². The maximum atomic E-state index is 12.4. The average molecular weight is 375 g/mol. The molecule has 0 atom stereocenters. The van der Waals surface area contributed by atoms with E-state index < -0.39 is 5.41 Å². The van der Waals surface area contributed by atoms with E-state index in [1.165, 1.54) is 0 Å². The fourth-order valence-corrected chi connectivity index (χ4v) is 3.24. The van der Waals surface area contributed by atoms with E-state index in [9.17, 15) is 10.1 Å². The van der Waals surface area contributed by atoms with Crippen molar-refractivity contribution in [3.63, 3.8) is 0 Å². The lowest BCUT2D eigenvalue weighted by molar-refractivity contribution is 0.182. The Morgan fingerprint density at radius 2 is 1.96 bits per heavy atom. The predicted octanol–water partition coefficient (Wildman–Crippen LogP) is 4.48. The Balaban J connectivity index is 1.66. The first-order valence-corrected chi connectivity index (χ1v) is 8.63. The van der Waals surface area contributed by atoms with Crippen LogP contribution >= 0.6 is 23.2 Å². The quantitative estimate of drug-likeness (QED) is 0.842. The molecular formula is C18H16Cl2N4O. The van der Waals surface area contributed by atoms with Gasteiger partial charge in [-0.25, -0.2) is 4.79 Å². The van der Waals surface area contributed by atoms with Gasteiger partial charge in [-0.1, -0.05) is 29.3 Å². The molecule has 1 N–H and O–H groups in total. The molecule has 0 bridgehead atoms. The number of anilines is 1. The van der Waals surface area contributed by atoms with Gasteiger partial charge in [0, 0.05) is 25.0 Å². The van der Waals surface area contributed by atoms with E-state index in [-0.39, 0.29) is 6.03 Å². The number of nitrogens with one attached hydrogen (secondary N) is 1. The Morgan fingerprint density at radius 3 is 2.56 bits per heavy atom. The lowest BCUT2D eigenvalue weighted by Crippen LogP contribution is -2.46. The third-order valence-electron chi connectivity index (χ3n) is 4.44. The van der Waals surface area contributed by atoms with Gasteiger partial charge in [-0.05, 0) is 43.2 Å². The number of rotatable bonds is 2. The SMILES string of the molecule is N#CC1(c2ccccn2)CCN(C(=O)Nc2ccc(Cl)c(Cl)c2)CC1. The Hall–Kier alpha value is -2.29. The van der Waals surface area contributed by atoms with Gasteiger partial charge in [0.2, 0.25) is 0 Å². The van der Waals surface area contributed by atoms with E-state index in [2.05, 4.69) is 16.4 Å². The zero-order valence-electron chi connectivity index (χ0n) is 13.4. The van der Waals surface area contributed by atoms with Crippen LogP contribution in [0.4, 0.5) is 10.5 Å². The molecule has 1 aromatic heterocycles. The molecule has 0 radical (unpaired) electrons. The van der Waals surface area contributed by atoms with Gasteiger partial charge in [-0.2, -0.15) is 5.26 Å². The molecule has 0 saturated carbocycles. The topological polar surface area (TPSA) is 69.0 Å². The summed E-state index contributed by atoms with van der Waals surface area (Å²) in [6.45, 7) is 0.967. The van der Waals surface area contributed by atoms with Crippen molar-refractivity contribution in [2.24, 2.45) is 0 Å². The summed E-state index contributed by atoms with van der Waals surface area (Å²) < 4.78 is 0. The van der Waals surface area contributed by atoms with Crippen LogP contribution in [0.1, 0.15) is 18.5 Å². The highest BCUT2D eigenvalue weighted by Crippen LogP contribution is 2.34. The summed E-state index contributed by atoms with van der Waals surface area (Å²) >= 11 is 11.8. The Labute approximate surface area is 156 Å². The third-order valence-corrected chi connectivity index (χ3v) is 5.18. The summed E-state index contributed by atoms with van der Waals surface area (Å²) in [5.74, 6) is 0. The number of carbonyl (C=O) groups is 1. The van der Waals surface area contributed by atoms with Crippen molar-refractivity contribution >= 4 is 34.9 Å². The standard InChI is InChI=1S/C18H16Cl2N4O/c19-14-5-4-13(11-15(14)20)23-17(25)24-9-6-18(12-21,7-10-24)16-3-1-2-8-22-16/h1-5,8,11H,6-7,9-10H2,(H,23,25). The van der Waals surface area contributed by atoms with Crippen LogP contribution in [-0.4, -0.2) is 29.0 Å². The van der Waals surface area contributed by atoms with Crippen molar-refractivity contribution in [3.8, 4) is 6.07 Å². The molecule has 0 aliphatic carbocycles. The molecule has 0 spiro atoms. The number of halogens is 2. The Morgan fingerprint density at radius 1 is 1.20 bits per heavy atom. The van der Waals surface area contributed by atoms with Crippen molar-refractivity contribution in [1.82, 2.24) is 9.88 Å². The lowest BCUT2D eigenvalue weighted by atomic mass is 9.76. The van der Waals surface area contributed by atoms with Crippen LogP contribution in [0, 0.1) is 11.3 Å². The van der Waals surface area contributed by atoms with Gasteiger partial charge >= 0.3 is 6.03 Å². The number of piperidine rings is 1. The van der Waals surface area contributed by atoms with Crippen molar-refractivity contribution in [2.45, 2.75) is 18.3 Å². The van der Waals surface area contributed by atoms with Crippen LogP contribution < -0.4 is 5.32 Å². The van der Waals surface area contributed by atoms with E-state index >= 15 is 0 Å². The number of hydrogen-bond acceptors (Lipinski definition) is 3. The number of likely N-dealkylation sites (tertiary alicyclic amines) is 1. The highest BCUT2D eigenvalue weighted by molar-refractivity contribution is 6.42. The number of carbonyl (C=O) groups excluding carboxylic acids is 1. The molecule has 2 amide bonds. The van der Waals surface area contributed by atoms with Gasteiger partial charge in [-0.15, -0.1) is 0 Å². The van der Waals surface area contributed by atoms with E-state index in [4.69, 9.17) is 23.2 Å². The van der Waals surface area contributed by atoms with Gasteiger partial charge in [0.05, 0.1) is 21.8 Å². The number of pyridine rings is 1. The van der Waals surface area contributed by atoms with E-state index in [1.54, 1.807) is 29.3 Å². The summed E-state index contributed by atoms with van der Waals surface area (Å²) in [6, 6.07) is 12.7. The first kappa shape index (κ1) is 17.5. The van der Waals surface area contributed by atoms with Crippen molar-refractivity contribution in [1.29, 1.82) is 5.26 Å². The lowest BCUT2D eigenvalue weighted by Gasteiger charge is -2.36. The fraction of sp³-hybridized carbons (Fsp3) is 0.278. The van der Waals surface area contributed by atoms with Gasteiger partial charge in [0.1, 0.15) is 5.41 Å². The van der Waals surface area contributed by atoms with E-state index in [0.29, 0.717) is 41.7 Å². The minimum Gasteiger partial charge on any atom is -0.324 e. The summed E-state index contributed by atoms with van der Waals surface area (Å²) in [5.41, 5.74) is 0.713. The van der Waals surface area contributed by atoms with E-state index in [1.807, 2.05) is 18.2 Å². The van der Waals surface area contributed by atoms with Gasteiger partial charge in [-0.3, -0.25) is 4.98 Å². The molecule has 1 aliphatic rings. The van der Waals surface area contributed by atoms with Gasteiger partial charge in [0.25, 0.3) is 0 Å². The summed E-state index contributed by atoms with van der Waals surface area (Å²) in [4.78, 5) is 18.5. The molecule has 3 rings (SSSR count). The first-order valence-electron chi connectivity index (χ1n) is 7.88. The van der Waals surface area contributed by atoms with Crippen molar-refractivity contribution in [2.75, 3.05) is 18.4 Å². The molecule has 5 nitrogen and oxygen atoms in total. The van der Waals surface area contributed by atoms with Crippen molar-refractivity contribution in [3.05, 3.63) is 58.3 Å². The molecule has 128 valence electrons. The van der Waals surface area contributed by atoms with Crippen molar-refractivity contribution < 1.29 is 4.79 Å². The number of nitrogens with zero attached hydrogens (tertiary/aromatic N) is 3. The molecule has 1 fully saturated rings. The normalized spacial score (nSPS) is 16.1. The highest BCUT2D eigenvalue weighted by Gasteiger charge is 2.38.